The molecule has 0 radical (unpaired) electrons. The minimum atomic E-state index is -4.35. The van der Waals surface area contributed by atoms with Gasteiger partial charge >= 0.3 is 6.18 Å². The summed E-state index contributed by atoms with van der Waals surface area (Å²) in [6, 6.07) is 9.40. The Morgan fingerprint density at radius 3 is 2.29 bits per heavy atom. The van der Waals surface area contributed by atoms with Gasteiger partial charge in [-0.15, -0.1) is 0 Å². The van der Waals surface area contributed by atoms with Crippen LogP contribution in [0.4, 0.5) is 13.2 Å². The van der Waals surface area contributed by atoms with Crippen LogP contribution in [0.3, 0.4) is 0 Å². The van der Waals surface area contributed by atoms with Crippen LogP contribution in [-0.4, -0.2) is 9.97 Å². The molecule has 0 spiro atoms. The van der Waals surface area contributed by atoms with Gasteiger partial charge in [-0.3, -0.25) is 0 Å². The summed E-state index contributed by atoms with van der Waals surface area (Å²) < 4.78 is 38.2. The zero-order chi connectivity index (χ0) is 15.2. The van der Waals surface area contributed by atoms with E-state index < -0.39 is 11.7 Å². The van der Waals surface area contributed by atoms with Crippen molar-refractivity contribution < 1.29 is 13.2 Å². The van der Waals surface area contributed by atoms with Crippen molar-refractivity contribution in [3.63, 3.8) is 0 Å². The Bertz CT molecular complexity index is 796. The third-order valence-corrected chi connectivity index (χ3v) is 3.53. The number of H-pyrrole nitrogens is 1. The van der Waals surface area contributed by atoms with Gasteiger partial charge in [0, 0.05) is 5.56 Å². The topological polar surface area (TPSA) is 28.7 Å². The zero-order valence-corrected chi connectivity index (χ0v) is 11.5. The number of fused-ring (bicyclic) bond motifs is 1. The Balaban J connectivity index is 2.18. The van der Waals surface area contributed by atoms with Crippen molar-refractivity contribution in [1.82, 2.24) is 9.97 Å². The predicted octanol–water partition coefficient (Wildman–Crippen LogP) is 4.87. The number of hydrogen-bond acceptors (Lipinski definition) is 1. The maximum Gasteiger partial charge on any atom is 0.416 e. The fourth-order valence-corrected chi connectivity index (χ4v) is 2.49. The Hall–Kier alpha value is -2.30. The summed E-state index contributed by atoms with van der Waals surface area (Å²) >= 11 is 0. The Morgan fingerprint density at radius 2 is 1.67 bits per heavy atom. The fourth-order valence-electron chi connectivity index (χ4n) is 2.49. The lowest BCUT2D eigenvalue weighted by Gasteiger charge is -2.06. The zero-order valence-electron chi connectivity index (χ0n) is 11.5. The van der Waals surface area contributed by atoms with Gasteiger partial charge < -0.3 is 4.98 Å². The second kappa shape index (κ2) is 4.62. The first-order valence-corrected chi connectivity index (χ1v) is 6.50. The van der Waals surface area contributed by atoms with Crippen molar-refractivity contribution >= 4 is 11.0 Å². The predicted molar refractivity (Wildman–Crippen MR) is 76.0 cm³/mol. The molecule has 0 bridgehead atoms. The molecule has 0 aliphatic heterocycles. The van der Waals surface area contributed by atoms with Crippen molar-refractivity contribution in [2.24, 2.45) is 0 Å². The second-order valence-electron chi connectivity index (χ2n) is 5.08. The van der Waals surface area contributed by atoms with Crippen molar-refractivity contribution in [2.75, 3.05) is 0 Å². The largest absolute Gasteiger partial charge is 0.416 e. The number of imidazole rings is 1. The summed E-state index contributed by atoms with van der Waals surface area (Å²) in [5.74, 6) is 0.597. The van der Waals surface area contributed by atoms with Gasteiger partial charge in [0.1, 0.15) is 5.82 Å². The summed E-state index contributed by atoms with van der Waals surface area (Å²) in [6.45, 7) is 3.91. The van der Waals surface area contributed by atoms with Crippen molar-refractivity contribution in [2.45, 2.75) is 20.0 Å². The molecule has 3 aromatic rings. The average Bonchev–Trinajstić information content (AvgIpc) is 2.79. The van der Waals surface area contributed by atoms with E-state index in [1.165, 1.54) is 6.07 Å². The fraction of sp³-hybridized carbons (Fsp3) is 0.188. The van der Waals surface area contributed by atoms with E-state index in [-0.39, 0.29) is 0 Å². The molecule has 0 saturated heterocycles. The number of aromatic nitrogens is 2. The molecule has 0 atom stereocenters. The molecule has 0 aliphatic carbocycles. The average molecular weight is 290 g/mol. The van der Waals surface area contributed by atoms with Gasteiger partial charge in [0.2, 0.25) is 0 Å². The number of alkyl halides is 3. The van der Waals surface area contributed by atoms with Gasteiger partial charge in [-0.2, -0.15) is 13.2 Å². The molecule has 1 heterocycles. The number of benzene rings is 2. The first-order valence-electron chi connectivity index (χ1n) is 6.50. The van der Waals surface area contributed by atoms with E-state index in [0.29, 0.717) is 16.9 Å². The van der Waals surface area contributed by atoms with Gasteiger partial charge in [-0.1, -0.05) is 18.2 Å². The molecule has 2 aromatic carbocycles. The number of nitrogens with one attached hydrogen (secondary N) is 1. The standard InChI is InChI=1S/C16H13F3N2/c1-9-4-3-5-10(2)14(9)15-20-12-7-6-11(16(17,18)19)8-13(12)21-15/h3-8H,1-2H3,(H,20,21). The highest BCUT2D eigenvalue weighted by Gasteiger charge is 2.30. The van der Waals surface area contributed by atoms with Crippen LogP contribution in [0, 0.1) is 13.8 Å². The van der Waals surface area contributed by atoms with Crippen LogP contribution >= 0.6 is 0 Å². The lowest BCUT2D eigenvalue weighted by atomic mass is 10.0. The lowest BCUT2D eigenvalue weighted by molar-refractivity contribution is -0.137. The number of rotatable bonds is 1. The van der Waals surface area contributed by atoms with E-state index in [1.807, 2.05) is 32.0 Å². The lowest BCUT2D eigenvalue weighted by Crippen LogP contribution is -2.04. The van der Waals surface area contributed by atoms with Gasteiger partial charge in [0.15, 0.2) is 0 Å². The molecule has 2 nitrogen and oxygen atoms in total. The van der Waals surface area contributed by atoms with Crippen LogP contribution in [0.1, 0.15) is 16.7 Å². The first-order chi connectivity index (χ1) is 9.86. The molecule has 1 aromatic heterocycles. The highest BCUT2D eigenvalue weighted by molar-refractivity contribution is 5.81. The molecule has 0 amide bonds. The normalized spacial score (nSPS) is 12.0. The van der Waals surface area contributed by atoms with E-state index in [2.05, 4.69) is 9.97 Å². The molecule has 1 N–H and O–H groups in total. The van der Waals surface area contributed by atoms with Crippen LogP contribution in [0.15, 0.2) is 36.4 Å². The van der Waals surface area contributed by atoms with E-state index in [4.69, 9.17) is 0 Å². The number of aromatic amines is 1. The molecule has 0 aliphatic rings. The highest BCUT2D eigenvalue weighted by Crippen LogP contribution is 2.32. The summed E-state index contributed by atoms with van der Waals surface area (Å²) in [6.07, 6.45) is -4.35. The van der Waals surface area contributed by atoms with Crippen LogP contribution < -0.4 is 0 Å². The van der Waals surface area contributed by atoms with Crippen LogP contribution in [0.25, 0.3) is 22.4 Å². The molecule has 0 unspecified atom stereocenters. The maximum atomic E-state index is 12.7. The molecule has 108 valence electrons. The van der Waals surface area contributed by atoms with Crippen molar-refractivity contribution in [3.8, 4) is 11.4 Å². The molecule has 0 saturated carbocycles. The summed E-state index contributed by atoms with van der Waals surface area (Å²) in [5.41, 5.74) is 3.24. The Labute approximate surface area is 119 Å². The van der Waals surface area contributed by atoms with Crippen molar-refractivity contribution in [3.05, 3.63) is 53.1 Å². The quantitative estimate of drug-likeness (QED) is 0.681. The molecule has 3 rings (SSSR count). The molecule has 5 heteroatoms. The van der Waals surface area contributed by atoms with Crippen LogP contribution in [0.2, 0.25) is 0 Å². The van der Waals surface area contributed by atoms with Gasteiger partial charge in [-0.25, -0.2) is 4.98 Å². The van der Waals surface area contributed by atoms with Gasteiger partial charge in [0.25, 0.3) is 0 Å². The van der Waals surface area contributed by atoms with E-state index >= 15 is 0 Å². The monoisotopic (exact) mass is 290 g/mol. The Morgan fingerprint density at radius 1 is 1.00 bits per heavy atom. The third-order valence-electron chi connectivity index (χ3n) is 3.53. The molecular formula is C16H13F3N2. The maximum absolute atomic E-state index is 12.7. The van der Waals surface area contributed by atoms with Gasteiger partial charge in [0.05, 0.1) is 16.6 Å². The summed E-state index contributed by atoms with van der Waals surface area (Å²) in [4.78, 5) is 7.40. The summed E-state index contributed by atoms with van der Waals surface area (Å²) in [7, 11) is 0. The second-order valence-corrected chi connectivity index (χ2v) is 5.08. The van der Waals surface area contributed by atoms with E-state index in [1.54, 1.807) is 0 Å². The van der Waals surface area contributed by atoms with Crippen LogP contribution in [0.5, 0.6) is 0 Å². The third kappa shape index (κ3) is 2.39. The number of halogens is 3. The highest BCUT2D eigenvalue weighted by atomic mass is 19.4. The number of aryl methyl sites for hydroxylation is 2. The molecule has 21 heavy (non-hydrogen) atoms. The van der Waals surface area contributed by atoms with Gasteiger partial charge in [-0.05, 0) is 43.2 Å². The smallest absolute Gasteiger partial charge is 0.338 e. The molecular weight excluding hydrogens is 277 g/mol. The van der Waals surface area contributed by atoms with Crippen molar-refractivity contribution in [1.29, 1.82) is 0 Å². The SMILES string of the molecule is Cc1cccc(C)c1-c1nc2ccc(C(F)(F)F)cc2[nH]1. The molecule has 0 fully saturated rings. The van der Waals surface area contributed by atoms with E-state index in [9.17, 15) is 13.2 Å². The first kappa shape index (κ1) is 13.7. The van der Waals surface area contributed by atoms with Crippen LogP contribution in [-0.2, 0) is 6.18 Å². The summed E-state index contributed by atoms with van der Waals surface area (Å²) in [5, 5.41) is 0. The minimum Gasteiger partial charge on any atom is -0.338 e. The Kier molecular flexibility index (Phi) is 3.01. The van der Waals surface area contributed by atoms with E-state index in [0.717, 1.165) is 28.8 Å². The number of hydrogen-bond donors (Lipinski definition) is 1. The minimum absolute atomic E-state index is 0.391. The number of nitrogens with zero attached hydrogens (tertiary/aromatic N) is 1.